The highest BCUT2D eigenvalue weighted by atomic mass is 16.7. The van der Waals surface area contributed by atoms with Crippen LogP contribution in [0.3, 0.4) is 0 Å². The van der Waals surface area contributed by atoms with E-state index in [1.54, 1.807) is 7.11 Å². The average Bonchev–Trinajstić information content (AvgIpc) is 3.05. The smallest absolute Gasteiger partial charge is 0.202 e. The summed E-state index contributed by atoms with van der Waals surface area (Å²) in [4.78, 5) is 39.5. The summed E-state index contributed by atoms with van der Waals surface area (Å²) in [5.74, 6) is -3.41. The number of fused-ring (bicyclic) bond motifs is 3. The van der Waals surface area contributed by atoms with Crippen LogP contribution in [0.1, 0.15) is 74.8 Å². The number of ketones is 3. The van der Waals surface area contributed by atoms with Crippen LogP contribution in [0, 0.1) is 0 Å². The van der Waals surface area contributed by atoms with Gasteiger partial charge in [0.25, 0.3) is 0 Å². The normalized spacial score (nSPS) is 26.0. The van der Waals surface area contributed by atoms with Gasteiger partial charge in [-0.15, -0.1) is 0 Å². The Hall–Kier alpha value is -3.43. The molecular formula is C31H37NO12. The number of carbonyl (C=O) groups is 3. The van der Waals surface area contributed by atoms with E-state index < -0.39 is 71.0 Å². The highest BCUT2D eigenvalue weighted by Gasteiger charge is 2.49. The van der Waals surface area contributed by atoms with Crippen molar-refractivity contribution in [3.8, 4) is 17.2 Å². The largest absolute Gasteiger partial charge is 0.507 e. The molecule has 4 unspecified atom stereocenters. The van der Waals surface area contributed by atoms with Crippen molar-refractivity contribution in [3.05, 3.63) is 51.6 Å². The lowest BCUT2D eigenvalue weighted by Crippen LogP contribution is -2.48. The fourth-order valence-corrected chi connectivity index (χ4v) is 6.09. The number of Topliss-reactive ketones (excluding diaryl/α,β-unsaturated/α-hetero) is 1. The number of nitrogens with one attached hydrogen (secondary N) is 1. The summed E-state index contributed by atoms with van der Waals surface area (Å²) in [7, 11) is 3.00. The lowest BCUT2D eigenvalue weighted by molar-refractivity contribution is -0.204. The highest BCUT2D eigenvalue weighted by Crippen LogP contribution is 2.52. The molecule has 2 aromatic rings. The Morgan fingerprint density at radius 1 is 1.02 bits per heavy atom. The second-order valence-electron chi connectivity index (χ2n) is 11.0. The molecule has 13 nitrogen and oxygen atoms in total. The molecule has 44 heavy (non-hydrogen) atoms. The molecule has 4 aliphatic rings. The lowest BCUT2D eigenvalue weighted by atomic mass is 9.72. The molecule has 0 saturated carbocycles. The van der Waals surface area contributed by atoms with E-state index in [9.17, 15) is 34.8 Å². The Bertz CT molecular complexity index is 1430. The number of rotatable bonds is 6. The van der Waals surface area contributed by atoms with Gasteiger partial charge in [-0.05, 0) is 25.3 Å². The number of benzene rings is 2. The zero-order valence-electron chi connectivity index (χ0n) is 24.6. The third-order valence-electron chi connectivity index (χ3n) is 8.35. The minimum absolute atomic E-state index is 0.00432. The Labute approximate surface area is 253 Å². The number of methoxy groups -OCH3 is 2. The van der Waals surface area contributed by atoms with Gasteiger partial charge < -0.3 is 49.4 Å². The molecule has 13 heteroatoms. The van der Waals surface area contributed by atoms with Gasteiger partial charge in [-0.25, -0.2) is 0 Å². The van der Waals surface area contributed by atoms with Crippen LogP contribution in [-0.2, 0) is 30.2 Å². The molecule has 2 aliphatic heterocycles. The van der Waals surface area contributed by atoms with Gasteiger partial charge in [0.15, 0.2) is 24.1 Å². The molecule has 2 aliphatic carbocycles. The van der Waals surface area contributed by atoms with E-state index in [1.807, 2.05) is 0 Å². The van der Waals surface area contributed by atoms with E-state index in [0.717, 1.165) is 32.5 Å². The SMILES string of the molecule is COC1CNCCO1.COc1cccc2c1C(=O)c1c(O)c3c(c(O)c1C2=O)CC(O)(C(=O)CO)CC3OC1CCCCO1. The van der Waals surface area contributed by atoms with Gasteiger partial charge in [-0.1, -0.05) is 12.1 Å². The molecule has 0 spiro atoms. The second-order valence-corrected chi connectivity index (χ2v) is 11.0. The summed E-state index contributed by atoms with van der Waals surface area (Å²) in [5.41, 5.74) is -3.12. The van der Waals surface area contributed by atoms with Crippen molar-refractivity contribution in [2.45, 2.75) is 56.4 Å². The summed E-state index contributed by atoms with van der Waals surface area (Å²) in [6.45, 7) is 2.00. The maximum absolute atomic E-state index is 13.6. The van der Waals surface area contributed by atoms with Crippen molar-refractivity contribution >= 4 is 17.3 Å². The summed E-state index contributed by atoms with van der Waals surface area (Å²) in [6.07, 6.45) is -0.573. The maximum atomic E-state index is 13.6. The number of phenols is 2. The summed E-state index contributed by atoms with van der Waals surface area (Å²) >= 11 is 0. The number of aliphatic hydroxyl groups excluding tert-OH is 1. The lowest BCUT2D eigenvalue weighted by Gasteiger charge is -2.40. The van der Waals surface area contributed by atoms with Crippen LogP contribution in [-0.4, -0.2) is 103 Å². The standard InChI is InChI=1S/C26H26O10.C5H11NO2/c1-34-14-6-4-5-12-18(14)24(31)21-20(22(12)29)23(30)13-9-26(33,16(28)11-27)10-15(19(13)25(21)32)36-17-7-2-3-8-35-17;1-7-5-4-6-2-3-8-5/h4-6,15,17,27,30,32-33H,2-3,7-11H2,1H3;5-6H,2-4H2,1H3. The number of aliphatic hydroxyl groups is 2. The number of carbonyl (C=O) groups excluding carboxylic acids is 3. The number of hydrogen-bond donors (Lipinski definition) is 5. The zero-order chi connectivity index (χ0) is 31.6. The first-order chi connectivity index (χ1) is 21.1. The van der Waals surface area contributed by atoms with Crippen LogP contribution in [0.4, 0.5) is 0 Å². The average molecular weight is 616 g/mol. The molecule has 6 rings (SSSR count). The highest BCUT2D eigenvalue weighted by molar-refractivity contribution is 6.31. The molecule has 0 amide bonds. The minimum Gasteiger partial charge on any atom is -0.507 e. The Morgan fingerprint density at radius 2 is 1.77 bits per heavy atom. The summed E-state index contributed by atoms with van der Waals surface area (Å²) in [6, 6.07) is 4.45. The Kier molecular flexibility index (Phi) is 9.65. The van der Waals surface area contributed by atoms with E-state index in [0.29, 0.717) is 13.0 Å². The molecule has 2 fully saturated rings. The number of hydrogen-bond acceptors (Lipinski definition) is 13. The Morgan fingerprint density at radius 3 is 2.39 bits per heavy atom. The number of aromatic hydroxyl groups is 2. The molecule has 2 heterocycles. The van der Waals surface area contributed by atoms with Gasteiger partial charge >= 0.3 is 0 Å². The maximum Gasteiger partial charge on any atom is 0.202 e. The molecular weight excluding hydrogens is 578 g/mol. The van der Waals surface area contributed by atoms with Crippen LogP contribution >= 0.6 is 0 Å². The van der Waals surface area contributed by atoms with Gasteiger partial charge in [-0.3, -0.25) is 14.4 Å². The molecule has 0 radical (unpaired) electrons. The third-order valence-corrected chi connectivity index (χ3v) is 8.35. The van der Waals surface area contributed by atoms with Crippen molar-refractivity contribution in [2.24, 2.45) is 0 Å². The van der Waals surface area contributed by atoms with Crippen LogP contribution < -0.4 is 10.1 Å². The molecule has 2 aromatic carbocycles. The van der Waals surface area contributed by atoms with Crippen LogP contribution in [0.2, 0.25) is 0 Å². The van der Waals surface area contributed by atoms with Gasteiger partial charge in [0, 0.05) is 56.3 Å². The second kappa shape index (κ2) is 13.3. The fraction of sp³-hybridized carbons (Fsp3) is 0.516. The molecule has 238 valence electrons. The van der Waals surface area contributed by atoms with Crippen molar-refractivity contribution in [1.82, 2.24) is 5.32 Å². The van der Waals surface area contributed by atoms with E-state index in [-0.39, 0.29) is 40.7 Å². The number of morpholine rings is 1. The van der Waals surface area contributed by atoms with Crippen LogP contribution in [0.5, 0.6) is 17.2 Å². The van der Waals surface area contributed by atoms with Crippen molar-refractivity contribution in [3.63, 3.8) is 0 Å². The zero-order valence-corrected chi connectivity index (χ0v) is 24.6. The predicted octanol–water partition coefficient (Wildman–Crippen LogP) is 1.28. The van der Waals surface area contributed by atoms with Crippen LogP contribution in [0.15, 0.2) is 18.2 Å². The molecule has 5 N–H and O–H groups in total. The third kappa shape index (κ3) is 5.84. The topological polar surface area (TPSA) is 190 Å². The van der Waals surface area contributed by atoms with E-state index in [1.165, 1.54) is 25.3 Å². The van der Waals surface area contributed by atoms with Gasteiger partial charge in [0.05, 0.1) is 36.5 Å². The van der Waals surface area contributed by atoms with Crippen LogP contribution in [0.25, 0.3) is 0 Å². The summed E-state index contributed by atoms with van der Waals surface area (Å²) < 4.78 is 27.0. The molecule has 2 saturated heterocycles. The first kappa shape index (κ1) is 32.0. The van der Waals surface area contributed by atoms with Crippen molar-refractivity contribution < 1.29 is 58.5 Å². The molecule has 4 atom stereocenters. The number of phenolic OH excluding ortho intramolecular Hbond substituents is 2. The summed E-state index contributed by atoms with van der Waals surface area (Å²) in [5, 5.41) is 46.4. The van der Waals surface area contributed by atoms with Gasteiger partial charge in [0.1, 0.15) is 29.5 Å². The quantitative estimate of drug-likeness (QED) is 0.250. The Balaban J connectivity index is 0.000000418. The van der Waals surface area contributed by atoms with E-state index in [4.69, 9.17) is 23.7 Å². The molecule has 0 bridgehead atoms. The fourth-order valence-electron chi connectivity index (χ4n) is 6.09. The van der Waals surface area contributed by atoms with Crippen molar-refractivity contribution in [2.75, 3.05) is 47.1 Å². The first-order valence-electron chi connectivity index (χ1n) is 14.5. The number of ether oxygens (including phenoxy) is 5. The van der Waals surface area contributed by atoms with Gasteiger partial charge in [0.2, 0.25) is 5.78 Å². The van der Waals surface area contributed by atoms with E-state index >= 15 is 0 Å². The van der Waals surface area contributed by atoms with Gasteiger partial charge in [-0.2, -0.15) is 0 Å². The van der Waals surface area contributed by atoms with Crippen molar-refractivity contribution in [1.29, 1.82) is 0 Å². The molecule has 0 aromatic heterocycles. The monoisotopic (exact) mass is 615 g/mol. The first-order valence-corrected chi connectivity index (χ1v) is 14.5. The van der Waals surface area contributed by atoms with E-state index in [2.05, 4.69) is 5.32 Å². The minimum atomic E-state index is -2.14. The predicted molar refractivity (Wildman–Crippen MR) is 152 cm³/mol.